The number of carbonyl (C=O) groups excluding carboxylic acids is 2. The Morgan fingerprint density at radius 2 is 1.58 bits per heavy atom. The Hall–Kier alpha value is -1.26. The van der Waals surface area contributed by atoms with E-state index < -0.39 is 11.7 Å². The third-order valence-corrected chi connectivity index (χ3v) is 2.41. The number of hydrogen-bond donors (Lipinski definition) is 1. The van der Waals surface area contributed by atoms with Crippen molar-refractivity contribution in [2.75, 3.05) is 6.54 Å². The number of ether oxygens (including phenoxy) is 1. The van der Waals surface area contributed by atoms with Crippen molar-refractivity contribution < 1.29 is 14.3 Å². The number of nitrogens with zero attached hydrogens (tertiary/aromatic N) is 1. The van der Waals surface area contributed by atoms with Gasteiger partial charge in [-0.05, 0) is 48.5 Å². The second kappa shape index (κ2) is 7.36. The first-order valence-electron chi connectivity index (χ1n) is 6.82. The summed E-state index contributed by atoms with van der Waals surface area (Å²) in [6.07, 6.45) is -0.198. The van der Waals surface area contributed by atoms with Crippen molar-refractivity contribution in [1.29, 1.82) is 0 Å². The summed E-state index contributed by atoms with van der Waals surface area (Å²) in [6.45, 7) is 13.6. The van der Waals surface area contributed by atoms with E-state index in [9.17, 15) is 9.59 Å². The van der Waals surface area contributed by atoms with Gasteiger partial charge >= 0.3 is 6.09 Å². The van der Waals surface area contributed by atoms with Crippen molar-refractivity contribution in [3.63, 3.8) is 0 Å². The molecule has 1 N–H and O–H groups in total. The van der Waals surface area contributed by atoms with Crippen LogP contribution in [0.1, 0.15) is 54.9 Å². The number of hydrogen-bond acceptors (Lipinski definition) is 3. The minimum atomic E-state index is -0.518. The van der Waals surface area contributed by atoms with Crippen LogP contribution in [0.5, 0.6) is 0 Å². The average molecular weight is 272 g/mol. The lowest BCUT2D eigenvalue weighted by Crippen LogP contribution is -2.43. The molecule has 0 aromatic heterocycles. The Balaban J connectivity index is 4.13. The molecule has 0 aliphatic rings. The Bertz CT molecular complexity index is 298. The minimum Gasteiger partial charge on any atom is -0.444 e. The molecule has 0 saturated heterocycles. The lowest BCUT2D eigenvalue weighted by molar-refractivity contribution is -0.134. The molecule has 19 heavy (non-hydrogen) atoms. The zero-order chi connectivity index (χ0) is 15.2. The van der Waals surface area contributed by atoms with Crippen molar-refractivity contribution in [3.8, 4) is 0 Å². The summed E-state index contributed by atoms with van der Waals surface area (Å²) in [6, 6.07) is 0.322. The lowest BCUT2D eigenvalue weighted by atomic mass is 10.2. The van der Waals surface area contributed by atoms with Crippen LogP contribution < -0.4 is 5.32 Å². The third-order valence-electron chi connectivity index (χ3n) is 2.41. The molecule has 112 valence electrons. The molecule has 0 aromatic rings. The van der Waals surface area contributed by atoms with Crippen LogP contribution in [0.3, 0.4) is 0 Å². The summed E-state index contributed by atoms with van der Waals surface area (Å²) in [4.78, 5) is 25.3. The maximum atomic E-state index is 12.0. The minimum absolute atomic E-state index is 0.0426. The molecule has 2 amide bonds. The van der Waals surface area contributed by atoms with Crippen LogP contribution in [0, 0.1) is 0 Å². The van der Waals surface area contributed by atoms with Gasteiger partial charge in [-0.1, -0.05) is 0 Å². The maximum Gasteiger partial charge on any atom is 0.407 e. The van der Waals surface area contributed by atoms with Gasteiger partial charge < -0.3 is 15.0 Å². The van der Waals surface area contributed by atoms with Gasteiger partial charge in [0.2, 0.25) is 5.91 Å². The predicted octanol–water partition coefficient (Wildman–Crippen LogP) is 2.55. The molecule has 0 fully saturated rings. The largest absolute Gasteiger partial charge is 0.444 e. The molecule has 0 bridgehead atoms. The number of rotatable bonds is 5. The Morgan fingerprint density at radius 1 is 1.11 bits per heavy atom. The number of nitrogens with one attached hydrogen (secondary N) is 1. The highest BCUT2D eigenvalue weighted by Crippen LogP contribution is 2.08. The average Bonchev–Trinajstić information content (AvgIpc) is 2.12. The SMILES string of the molecule is CC(C)N(C(=O)CCNC(=O)OC(C)(C)C)C(C)C. The molecule has 0 aliphatic heterocycles. The van der Waals surface area contributed by atoms with Crippen LogP contribution in [0.25, 0.3) is 0 Å². The third kappa shape index (κ3) is 7.70. The normalized spacial score (nSPS) is 11.6. The van der Waals surface area contributed by atoms with Crippen molar-refractivity contribution in [2.24, 2.45) is 0 Å². The molecule has 0 saturated carbocycles. The molecule has 0 aliphatic carbocycles. The summed E-state index contributed by atoms with van der Waals surface area (Å²) in [5, 5.41) is 2.59. The van der Waals surface area contributed by atoms with Crippen LogP contribution in [0.2, 0.25) is 0 Å². The topological polar surface area (TPSA) is 58.6 Å². The molecule has 0 radical (unpaired) electrons. The van der Waals surface area contributed by atoms with E-state index in [2.05, 4.69) is 5.32 Å². The highest BCUT2D eigenvalue weighted by atomic mass is 16.6. The highest BCUT2D eigenvalue weighted by molar-refractivity contribution is 5.77. The van der Waals surface area contributed by atoms with Crippen molar-refractivity contribution in [2.45, 2.75) is 72.6 Å². The standard InChI is InChI=1S/C14H28N2O3/c1-10(2)16(11(3)4)12(17)8-9-15-13(18)19-14(5,6)7/h10-11H,8-9H2,1-7H3,(H,15,18). The lowest BCUT2D eigenvalue weighted by Gasteiger charge is -2.31. The second-order valence-corrected chi connectivity index (χ2v) is 6.17. The fourth-order valence-electron chi connectivity index (χ4n) is 1.89. The van der Waals surface area contributed by atoms with Gasteiger partial charge in [-0.2, -0.15) is 0 Å². The van der Waals surface area contributed by atoms with Gasteiger partial charge in [-0.25, -0.2) is 4.79 Å². The van der Waals surface area contributed by atoms with Crippen LogP contribution in [0.4, 0.5) is 4.79 Å². The van der Waals surface area contributed by atoms with Crippen LogP contribution >= 0.6 is 0 Å². The second-order valence-electron chi connectivity index (χ2n) is 6.17. The molecule has 0 aromatic carbocycles. The fourth-order valence-corrected chi connectivity index (χ4v) is 1.89. The molecule has 0 heterocycles. The molecular weight excluding hydrogens is 244 g/mol. The molecule has 0 atom stereocenters. The van der Waals surface area contributed by atoms with E-state index >= 15 is 0 Å². The molecule has 0 rings (SSSR count). The number of alkyl carbamates (subject to hydrolysis) is 1. The summed E-state index contributed by atoms with van der Waals surface area (Å²) in [5.41, 5.74) is -0.518. The first kappa shape index (κ1) is 17.7. The summed E-state index contributed by atoms with van der Waals surface area (Å²) in [5.74, 6) is 0.0426. The van der Waals surface area contributed by atoms with Crippen LogP contribution in [-0.4, -0.2) is 41.1 Å². The molecular formula is C14H28N2O3. The van der Waals surface area contributed by atoms with Gasteiger partial charge in [0.15, 0.2) is 0 Å². The van der Waals surface area contributed by atoms with Gasteiger partial charge in [0.05, 0.1) is 0 Å². The van der Waals surface area contributed by atoms with Gasteiger partial charge in [0.1, 0.15) is 5.60 Å². The predicted molar refractivity (Wildman–Crippen MR) is 76.0 cm³/mol. The van der Waals surface area contributed by atoms with Gasteiger partial charge in [-0.15, -0.1) is 0 Å². The quantitative estimate of drug-likeness (QED) is 0.836. The summed E-state index contributed by atoms with van der Waals surface area (Å²) in [7, 11) is 0. The number of amides is 2. The van der Waals surface area contributed by atoms with E-state index in [0.717, 1.165) is 0 Å². The van der Waals surface area contributed by atoms with Gasteiger partial charge in [-0.3, -0.25) is 4.79 Å². The van der Waals surface area contributed by atoms with E-state index in [-0.39, 0.29) is 24.4 Å². The Kier molecular flexibility index (Phi) is 6.87. The van der Waals surface area contributed by atoms with E-state index in [1.807, 2.05) is 32.6 Å². The highest BCUT2D eigenvalue weighted by Gasteiger charge is 2.20. The first-order valence-corrected chi connectivity index (χ1v) is 6.82. The molecule has 5 heteroatoms. The fraction of sp³-hybridized carbons (Fsp3) is 0.857. The molecule has 5 nitrogen and oxygen atoms in total. The zero-order valence-electron chi connectivity index (χ0n) is 13.2. The molecule has 0 unspecified atom stereocenters. The van der Waals surface area contributed by atoms with Crippen molar-refractivity contribution in [1.82, 2.24) is 10.2 Å². The van der Waals surface area contributed by atoms with E-state index in [1.54, 1.807) is 20.8 Å². The maximum absolute atomic E-state index is 12.0. The Morgan fingerprint density at radius 3 is 1.95 bits per heavy atom. The van der Waals surface area contributed by atoms with E-state index in [0.29, 0.717) is 6.54 Å². The van der Waals surface area contributed by atoms with Crippen molar-refractivity contribution in [3.05, 3.63) is 0 Å². The Labute approximate surface area is 116 Å². The van der Waals surface area contributed by atoms with Gasteiger partial charge in [0, 0.05) is 25.0 Å². The van der Waals surface area contributed by atoms with Crippen molar-refractivity contribution >= 4 is 12.0 Å². The smallest absolute Gasteiger partial charge is 0.407 e. The van der Waals surface area contributed by atoms with Gasteiger partial charge in [0.25, 0.3) is 0 Å². The van der Waals surface area contributed by atoms with Crippen LogP contribution in [0.15, 0.2) is 0 Å². The monoisotopic (exact) mass is 272 g/mol. The molecule has 0 spiro atoms. The van der Waals surface area contributed by atoms with Crippen LogP contribution in [-0.2, 0) is 9.53 Å². The van der Waals surface area contributed by atoms with E-state index in [4.69, 9.17) is 4.74 Å². The summed E-state index contributed by atoms with van der Waals surface area (Å²) < 4.78 is 5.10. The first-order chi connectivity index (χ1) is 8.54. The zero-order valence-corrected chi connectivity index (χ0v) is 13.2. The number of carbonyl (C=O) groups is 2. The summed E-state index contributed by atoms with van der Waals surface area (Å²) >= 11 is 0. The van der Waals surface area contributed by atoms with E-state index in [1.165, 1.54) is 0 Å².